The zero-order chi connectivity index (χ0) is 15.0. The molecule has 0 radical (unpaired) electrons. The van der Waals surface area contributed by atoms with Crippen LogP contribution in [0.3, 0.4) is 0 Å². The van der Waals surface area contributed by atoms with Gasteiger partial charge in [0.15, 0.2) is 0 Å². The molecule has 1 fully saturated rings. The van der Waals surface area contributed by atoms with Crippen LogP contribution < -0.4 is 11.1 Å². The Labute approximate surface area is 122 Å². The third-order valence-corrected chi connectivity index (χ3v) is 4.32. The van der Waals surface area contributed by atoms with Crippen LogP contribution in [0.2, 0.25) is 0 Å². The molecule has 114 valence electrons. The van der Waals surface area contributed by atoms with Gasteiger partial charge in [-0.25, -0.2) is 0 Å². The van der Waals surface area contributed by atoms with Gasteiger partial charge in [-0.1, -0.05) is 13.8 Å². The van der Waals surface area contributed by atoms with E-state index in [4.69, 9.17) is 5.73 Å². The predicted molar refractivity (Wildman–Crippen MR) is 79.9 cm³/mol. The van der Waals surface area contributed by atoms with Gasteiger partial charge in [-0.15, -0.1) is 0 Å². The van der Waals surface area contributed by atoms with Crippen molar-refractivity contribution in [3.63, 3.8) is 0 Å². The van der Waals surface area contributed by atoms with E-state index in [1.165, 1.54) is 0 Å². The summed E-state index contributed by atoms with van der Waals surface area (Å²) >= 11 is 0. The average Bonchev–Trinajstić information content (AvgIpc) is 2.46. The molecule has 2 atom stereocenters. The van der Waals surface area contributed by atoms with Crippen LogP contribution in [-0.2, 0) is 4.79 Å². The molecule has 0 spiro atoms. The number of carbonyl (C=O) groups is 1. The van der Waals surface area contributed by atoms with Gasteiger partial charge in [0.05, 0.1) is 12.0 Å². The van der Waals surface area contributed by atoms with E-state index in [9.17, 15) is 10.1 Å². The molecule has 0 aromatic carbocycles. The first kappa shape index (κ1) is 16.9. The van der Waals surface area contributed by atoms with E-state index in [1.54, 1.807) is 0 Å². The first-order valence-corrected chi connectivity index (χ1v) is 7.75. The molecule has 1 amide bonds. The molecule has 1 saturated heterocycles. The quantitative estimate of drug-likeness (QED) is 0.701. The van der Waals surface area contributed by atoms with E-state index in [-0.39, 0.29) is 11.8 Å². The van der Waals surface area contributed by atoms with Crippen LogP contribution in [0.1, 0.15) is 46.0 Å². The molecular formula is C15H28N4O. The molecule has 0 aromatic heterocycles. The summed E-state index contributed by atoms with van der Waals surface area (Å²) in [6.07, 6.45) is 4.60. The Balaban J connectivity index is 2.39. The highest BCUT2D eigenvalue weighted by Gasteiger charge is 2.27. The second-order valence-corrected chi connectivity index (χ2v) is 5.72. The zero-order valence-electron chi connectivity index (χ0n) is 12.8. The maximum absolute atomic E-state index is 11.3. The first-order chi connectivity index (χ1) is 9.56. The minimum atomic E-state index is -0.395. The van der Waals surface area contributed by atoms with Crippen molar-refractivity contribution in [3.8, 4) is 6.07 Å². The number of rotatable bonds is 8. The van der Waals surface area contributed by atoms with Gasteiger partial charge in [0.2, 0.25) is 5.91 Å². The van der Waals surface area contributed by atoms with Gasteiger partial charge < -0.3 is 10.6 Å². The first-order valence-electron chi connectivity index (χ1n) is 7.75. The van der Waals surface area contributed by atoms with Crippen molar-refractivity contribution < 1.29 is 4.79 Å². The van der Waals surface area contributed by atoms with Crippen LogP contribution in [0.15, 0.2) is 0 Å². The lowest BCUT2D eigenvalue weighted by Gasteiger charge is -2.32. The summed E-state index contributed by atoms with van der Waals surface area (Å²) in [4.78, 5) is 13.6. The molecule has 0 saturated carbocycles. The molecule has 1 aliphatic heterocycles. The molecule has 5 nitrogen and oxygen atoms in total. The van der Waals surface area contributed by atoms with E-state index in [1.807, 2.05) is 6.92 Å². The van der Waals surface area contributed by atoms with Gasteiger partial charge in [0.1, 0.15) is 5.54 Å². The van der Waals surface area contributed by atoms with Gasteiger partial charge in [-0.2, -0.15) is 5.26 Å². The van der Waals surface area contributed by atoms with Crippen LogP contribution >= 0.6 is 0 Å². The second kappa shape index (κ2) is 8.23. The fourth-order valence-electron chi connectivity index (χ4n) is 3.00. The largest absolute Gasteiger partial charge is 0.369 e. The van der Waals surface area contributed by atoms with E-state index in [0.717, 1.165) is 58.3 Å². The number of primary amides is 1. The monoisotopic (exact) mass is 280 g/mol. The maximum Gasteiger partial charge on any atom is 0.221 e. The SMILES string of the molecule is CCNC(C#N)(CC)CCCN1CCCC(C(N)=O)C1. The minimum absolute atomic E-state index is 0.00409. The normalized spacial score (nSPS) is 22.9. The van der Waals surface area contributed by atoms with Gasteiger partial charge in [-0.3, -0.25) is 10.1 Å². The van der Waals surface area contributed by atoms with Crippen LogP contribution in [0.4, 0.5) is 0 Å². The summed E-state index contributed by atoms with van der Waals surface area (Å²) < 4.78 is 0. The highest BCUT2D eigenvalue weighted by Crippen LogP contribution is 2.20. The summed E-state index contributed by atoms with van der Waals surface area (Å²) in [6, 6.07) is 2.43. The lowest BCUT2D eigenvalue weighted by atomic mass is 9.91. The molecule has 20 heavy (non-hydrogen) atoms. The standard InChI is InChI=1S/C15H28N4O/c1-3-15(12-16,18-4-2)8-6-10-19-9-5-7-13(11-19)14(17)20/h13,18H,3-11H2,1-2H3,(H2,17,20). The second-order valence-electron chi connectivity index (χ2n) is 5.72. The molecule has 1 heterocycles. The van der Waals surface area contributed by atoms with Gasteiger partial charge in [0.25, 0.3) is 0 Å². The molecule has 0 bridgehead atoms. The van der Waals surface area contributed by atoms with Gasteiger partial charge in [0, 0.05) is 6.54 Å². The molecule has 0 aliphatic carbocycles. The fraction of sp³-hybridized carbons (Fsp3) is 0.867. The average molecular weight is 280 g/mol. The molecule has 5 heteroatoms. The Morgan fingerprint density at radius 3 is 2.85 bits per heavy atom. The molecule has 1 rings (SSSR count). The van der Waals surface area contributed by atoms with E-state index in [2.05, 4.69) is 23.2 Å². The number of piperidine rings is 1. The van der Waals surface area contributed by atoms with Gasteiger partial charge >= 0.3 is 0 Å². The number of hydrogen-bond acceptors (Lipinski definition) is 4. The molecule has 3 N–H and O–H groups in total. The lowest BCUT2D eigenvalue weighted by molar-refractivity contribution is -0.123. The topological polar surface area (TPSA) is 82.2 Å². The van der Waals surface area contributed by atoms with Crippen molar-refractivity contribution in [3.05, 3.63) is 0 Å². The third-order valence-electron chi connectivity index (χ3n) is 4.32. The van der Waals surface area contributed by atoms with Crippen LogP contribution in [-0.4, -0.2) is 42.5 Å². The number of carbonyl (C=O) groups excluding carboxylic acids is 1. The molecular weight excluding hydrogens is 252 g/mol. The number of likely N-dealkylation sites (tertiary alicyclic amines) is 1. The Kier molecular flexibility index (Phi) is 6.97. The van der Waals surface area contributed by atoms with Gasteiger partial charge in [-0.05, 0) is 51.7 Å². The summed E-state index contributed by atoms with van der Waals surface area (Å²) in [5, 5.41) is 12.7. The summed E-state index contributed by atoms with van der Waals surface area (Å²) in [6.45, 7) is 7.66. The van der Waals surface area contributed by atoms with Crippen molar-refractivity contribution in [1.29, 1.82) is 5.26 Å². The van der Waals surface area contributed by atoms with Crippen molar-refractivity contribution in [2.24, 2.45) is 11.7 Å². The Hall–Kier alpha value is -1.12. The van der Waals surface area contributed by atoms with E-state index < -0.39 is 5.54 Å². The summed E-state index contributed by atoms with van der Waals surface area (Å²) in [7, 11) is 0. The number of hydrogen-bond donors (Lipinski definition) is 2. The molecule has 0 aromatic rings. The smallest absolute Gasteiger partial charge is 0.221 e. The van der Waals surface area contributed by atoms with Crippen molar-refractivity contribution in [2.45, 2.75) is 51.5 Å². The summed E-state index contributed by atoms with van der Waals surface area (Å²) in [5.74, 6) is -0.174. The molecule has 2 unspecified atom stereocenters. The lowest BCUT2D eigenvalue weighted by Crippen LogP contribution is -2.45. The highest BCUT2D eigenvalue weighted by molar-refractivity contribution is 5.76. The Morgan fingerprint density at radius 1 is 1.55 bits per heavy atom. The number of nitriles is 1. The van der Waals surface area contributed by atoms with Crippen LogP contribution in [0.5, 0.6) is 0 Å². The van der Waals surface area contributed by atoms with Crippen molar-refractivity contribution in [2.75, 3.05) is 26.2 Å². The number of nitrogens with zero attached hydrogens (tertiary/aromatic N) is 2. The van der Waals surface area contributed by atoms with Crippen LogP contribution in [0.25, 0.3) is 0 Å². The Bertz CT molecular complexity index is 352. The molecule has 1 aliphatic rings. The van der Waals surface area contributed by atoms with Crippen LogP contribution in [0, 0.1) is 17.2 Å². The minimum Gasteiger partial charge on any atom is -0.369 e. The predicted octanol–water partition coefficient (Wildman–Crippen LogP) is 1.25. The van der Waals surface area contributed by atoms with E-state index >= 15 is 0 Å². The number of nitrogens with one attached hydrogen (secondary N) is 1. The number of nitrogens with two attached hydrogens (primary N) is 1. The maximum atomic E-state index is 11.3. The number of amides is 1. The van der Waals surface area contributed by atoms with Crippen molar-refractivity contribution in [1.82, 2.24) is 10.2 Å². The van der Waals surface area contributed by atoms with E-state index in [0.29, 0.717) is 0 Å². The highest BCUT2D eigenvalue weighted by atomic mass is 16.1. The zero-order valence-corrected chi connectivity index (χ0v) is 12.8. The third kappa shape index (κ3) is 4.77. The fourth-order valence-corrected chi connectivity index (χ4v) is 3.00. The Morgan fingerprint density at radius 2 is 2.30 bits per heavy atom. The van der Waals surface area contributed by atoms with Crippen molar-refractivity contribution >= 4 is 5.91 Å². The summed E-state index contributed by atoms with van der Waals surface area (Å²) in [5.41, 5.74) is 5.00.